The normalized spacial score (nSPS) is 11.2. The van der Waals surface area contributed by atoms with E-state index in [9.17, 15) is 0 Å². The molecule has 0 bridgehead atoms. The van der Waals surface area contributed by atoms with E-state index in [0.717, 1.165) is 6.54 Å². The van der Waals surface area contributed by atoms with Crippen molar-refractivity contribution in [1.29, 1.82) is 0 Å². The lowest BCUT2D eigenvalue weighted by atomic mass is 10.1. The van der Waals surface area contributed by atoms with Crippen LogP contribution in [0.1, 0.15) is 25.0 Å². The van der Waals surface area contributed by atoms with Gasteiger partial charge in [-0.25, -0.2) is 4.99 Å². The topological polar surface area (TPSA) is 53.6 Å². The summed E-state index contributed by atoms with van der Waals surface area (Å²) in [4.78, 5) is 6.50. The quantitative estimate of drug-likeness (QED) is 0.462. The molecular weight excluding hydrogens is 363 g/mol. The summed E-state index contributed by atoms with van der Waals surface area (Å²) in [5, 5.41) is 3.13. The van der Waals surface area contributed by atoms with Gasteiger partial charge in [-0.3, -0.25) is 0 Å². The zero-order valence-electron chi connectivity index (χ0n) is 13.1. The lowest BCUT2D eigenvalue weighted by molar-refractivity contribution is 0.622. The number of hydrogen-bond acceptors (Lipinski definition) is 2. The Labute approximate surface area is 139 Å². The van der Waals surface area contributed by atoms with Crippen LogP contribution in [0.15, 0.2) is 23.2 Å². The Kier molecular flexibility index (Phi) is 8.60. The van der Waals surface area contributed by atoms with Gasteiger partial charge in [0.05, 0.1) is 6.54 Å². The molecule has 0 fully saturated rings. The van der Waals surface area contributed by atoms with Gasteiger partial charge in [0.1, 0.15) is 0 Å². The predicted octanol–water partition coefficient (Wildman–Crippen LogP) is 2.74. The summed E-state index contributed by atoms with van der Waals surface area (Å²) >= 11 is 0. The molecule has 4 nitrogen and oxygen atoms in total. The molecule has 5 heteroatoms. The molecule has 0 amide bonds. The molecule has 0 unspecified atom stereocenters. The number of rotatable bonds is 5. The van der Waals surface area contributed by atoms with Crippen LogP contribution in [0.5, 0.6) is 0 Å². The Morgan fingerprint density at radius 1 is 1.35 bits per heavy atom. The van der Waals surface area contributed by atoms with Crippen molar-refractivity contribution in [2.24, 2.45) is 16.6 Å². The number of anilines is 1. The summed E-state index contributed by atoms with van der Waals surface area (Å²) in [6.45, 7) is 7.84. The number of guanidine groups is 1. The van der Waals surface area contributed by atoms with Gasteiger partial charge in [-0.05, 0) is 30.0 Å². The highest BCUT2D eigenvalue weighted by Gasteiger charge is 2.04. The smallest absolute Gasteiger partial charge is 0.188 e. The second kappa shape index (κ2) is 9.05. The van der Waals surface area contributed by atoms with Crippen molar-refractivity contribution in [2.75, 3.05) is 25.5 Å². The zero-order chi connectivity index (χ0) is 14.4. The van der Waals surface area contributed by atoms with E-state index in [4.69, 9.17) is 5.73 Å². The second-order valence-corrected chi connectivity index (χ2v) is 5.50. The molecule has 3 N–H and O–H groups in total. The molecule has 0 aliphatic rings. The molecule has 0 aliphatic heterocycles. The van der Waals surface area contributed by atoms with Crippen LogP contribution >= 0.6 is 24.0 Å². The molecule has 1 aromatic rings. The summed E-state index contributed by atoms with van der Waals surface area (Å²) in [6.07, 6.45) is 0. The van der Waals surface area contributed by atoms with Crippen molar-refractivity contribution in [1.82, 2.24) is 5.32 Å². The highest BCUT2D eigenvalue weighted by atomic mass is 127. The Bertz CT molecular complexity index is 441. The van der Waals surface area contributed by atoms with E-state index >= 15 is 0 Å². The summed E-state index contributed by atoms with van der Waals surface area (Å²) in [6, 6.07) is 6.39. The maximum Gasteiger partial charge on any atom is 0.188 e. The molecule has 1 aromatic carbocycles. The molecule has 0 atom stereocenters. The number of hydrogen-bond donors (Lipinski definition) is 2. The number of aliphatic imine (C=N–C) groups is 1. The SMILES string of the molecule is Cc1ccc(CN=C(N)NCC(C)C)c(N(C)C)c1.I. The Hall–Kier alpha value is -0.980. The predicted molar refractivity (Wildman–Crippen MR) is 99.1 cm³/mol. The van der Waals surface area contributed by atoms with Crippen molar-refractivity contribution in [3.05, 3.63) is 29.3 Å². The van der Waals surface area contributed by atoms with Crippen LogP contribution < -0.4 is 16.0 Å². The largest absolute Gasteiger partial charge is 0.377 e. The molecule has 0 saturated carbocycles. The highest BCUT2D eigenvalue weighted by Crippen LogP contribution is 2.20. The lowest BCUT2D eigenvalue weighted by Gasteiger charge is -2.17. The van der Waals surface area contributed by atoms with Crippen LogP contribution in [0.3, 0.4) is 0 Å². The van der Waals surface area contributed by atoms with E-state index in [1.165, 1.54) is 16.8 Å². The van der Waals surface area contributed by atoms with Gasteiger partial charge >= 0.3 is 0 Å². The highest BCUT2D eigenvalue weighted by molar-refractivity contribution is 14.0. The standard InChI is InChI=1S/C15H26N4.HI/c1-11(2)9-17-15(16)18-10-13-7-6-12(3)8-14(13)19(4)5;/h6-8,11H,9-10H2,1-5H3,(H3,16,17,18);1H. The minimum atomic E-state index is 0. The number of nitrogens with two attached hydrogens (primary N) is 1. The number of benzene rings is 1. The minimum absolute atomic E-state index is 0. The maximum atomic E-state index is 5.85. The van der Waals surface area contributed by atoms with E-state index in [1.807, 2.05) is 14.1 Å². The third kappa shape index (κ3) is 6.45. The second-order valence-electron chi connectivity index (χ2n) is 5.50. The van der Waals surface area contributed by atoms with Crippen LogP contribution in [0.25, 0.3) is 0 Å². The fraction of sp³-hybridized carbons (Fsp3) is 0.533. The van der Waals surface area contributed by atoms with Gasteiger partial charge in [-0.2, -0.15) is 0 Å². The average molecular weight is 390 g/mol. The molecule has 0 saturated heterocycles. The summed E-state index contributed by atoms with van der Waals surface area (Å²) in [5.41, 5.74) is 9.48. The zero-order valence-corrected chi connectivity index (χ0v) is 15.4. The van der Waals surface area contributed by atoms with Gasteiger partial charge in [0, 0.05) is 26.3 Å². The average Bonchev–Trinajstić information content (AvgIpc) is 2.34. The van der Waals surface area contributed by atoms with E-state index in [-0.39, 0.29) is 24.0 Å². The number of nitrogens with zero attached hydrogens (tertiary/aromatic N) is 2. The van der Waals surface area contributed by atoms with Gasteiger partial charge < -0.3 is 16.0 Å². The van der Waals surface area contributed by atoms with Crippen molar-refractivity contribution < 1.29 is 0 Å². The lowest BCUT2D eigenvalue weighted by Crippen LogP contribution is -2.34. The van der Waals surface area contributed by atoms with Gasteiger partial charge in [0.15, 0.2) is 5.96 Å². The monoisotopic (exact) mass is 390 g/mol. The third-order valence-corrected chi connectivity index (χ3v) is 2.83. The van der Waals surface area contributed by atoms with Crippen LogP contribution in [0.2, 0.25) is 0 Å². The van der Waals surface area contributed by atoms with Crippen molar-refractivity contribution >= 4 is 35.6 Å². The molecule has 114 valence electrons. The van der Waals surface area contributed by atoms with Crippen LogP contribution in [-0.2, 0) is 6.54 Å². The minimum Gasteiger partial charge on any atom is -0.377 e. The first-order chi connectivity index (χ1) is 8.90. The molecule has 1 rings (SSSR count). The summed E-state index contributed by atoms with van der Waals surface area (Å²) < 4.78 is 0. The van der Waals surface area contributed by atoms with Gasteiger partial charge in [0.2, 0.25) is 0 Å². The summed E-state index contributed by atoms with van der Waals surface area (Å²) in [5.74, 6) is 1.07. The molecule has 0 radical (unpaired) electrons. The number of nitrogens with one attached hydrogen (secondary N) is 1. The Morgan fingerprint density at radius 3 is 2.55 bits per heavy atom. The summed E-state index contributed by atoms with van der Waals surface area (Å²) in [7, 11) is 4.09. The molecule has 0 spiro atoms. The molecule has 0 aliphatic carbocycles. The van der Waals surface area contributed by atoms with Gasteiger partial charge in [0.25, 0.3) is 0 Å². The Balaban J connectivity index is 0.00000361. The van der Waals surface area contributed by atoms with Crippen LogP contribution in [-0.4, -0.2) is 26.6 Å². The van der Waals surface area contributed by atoms with Crippen LogP contribution in [0, 0.1) is 12.8 Å². The van der Waals surface area contributed by atoms with E-state index < -0.39 is 0 Å². The third-order valence-electron chi connectivity index (χ3n) is 2.83. The van der Waals surface area contributed by atoms with Crippen molar-refractivity contribution in [3.63, 3.8) is 0 Å². The molecule has 20 heavy (non-hydrogen) atoms. The van der Waals surface area contributed by atoms with E-state index in [2.05, 4.69) is 54.2 Å². The Morgan fingerprint density at radius 2 is 2.00 bits per heavy atom. The number of halogens is 1. The van der Waals surface area contributed by atoms with E-state index in [0.29, 0.717) is 18.4 Å². The maximum absolute atomic E-state index is 5.85. The van der Waals surface area contributed by atoms with Crippen LogP contribution in [0.4, 0.5) is 5.69 Å². The fourth-order valence-electron chi connectivity index (χ4n) is 1.76. The van der Waals surface area contributed by atoms with E-state index in [1.54, 1.807) is 0 Å². The molecular formula is C15H27IN4. The first-order valence-corrected chi connectivity index (χ1v) is 6.70. The van der Waals surface area contributed by atoms with Gasteiger partial charge in [-0.1, -0.05) is 26.0 Å². The van der Waals surface area contributed by atoms with Gasteiger partial charge in [-0.15, -0.1) is 24.0 Å². The number of aryl methyl sites for hydroxylation is 1. The molecule has 0 heterocycles. The fourth-order valence-corrected chi connectivity index (χ4v) is 1.76. The van der Waals surface area contributed by atoms with Crippen molar-refractivity contribution in [2.45, 2.75) is 27.3 Å². The first-order valence-electron chi connectivity index (χ1n) is 6.70. The van der Waals surface area contributed by atoms with Crippen molar-refractivity contribution in [3.8, 4) is 0 Å². The molecule has 0 aromatic heterocycles. The first kappa shape index (κ1) is 19.0.